The quantitative estimate of drug-likeness (QED) is 0.727. The molecule has 0 amide bonds. The third kappa shape index (κ3) is 2.22. The van der Waals surface area contributed by atoms with Gasteiger partial charge in [0.15, 0.2) is 0 Å². The Hall–Kier alpha value is -0.540. The molecule has 1 N–H and O–H groups in total. The van der Waals surface area contributed by atoms with E-state index in [1.807, 2.05) is 0 Å². The molecule has 0 spiro atoms. The molecule has 1 aromatic heterocycles. The van der Waals surface area contributed by atoms with Crippen molar-refractivity contribution in [3.05, 3.63) is 15.8 Å². The summed E-state index contributed by atoms with van der Waals surface area (Å²) in [6, 6.07) is 0. The number of thiophene rings is 1. The van der Waals surface area contributed by atoms with Crippen LogP contribution in [0.15, 0.2) is 5.38 Å². The normalized spacial score (nSPS) is 10.2. The molecule has 0 fully saturated rings. The number of aryl methyl sites for hydroxylation is 2. The minimum atomic E-state index is 0.759. The Bertz CT molecular complexity index is 225. The Labute approximate surface area is 77.6 Å². The first-order valence-corrected chi connectivity index (χ1v) is 4.91. The van der Waals surface area contributed by atoms with E-state index in [0.717, 1.165) is 13.2 Å². The summed E-state index contributed by atoms with van der Waals surface area (Å²) in [7, 11) is 1.72. The Morgan fingerprint density at radius 2 is 2.25 bits per heavy atom. The topological polar surface area (TPSA) is 21.3 Å². The third-order valence-corrected chi connectivity index (χ3v) is 2.80. The van der Waals surface area contributed by atoms with Gasteiger partial charge in [0.1, 0.15) is 0 Å². The molecule has 0 atom stereocenters. The van der Waals surface area contributed by atoms with Crippen LogP contribution in [0, 0.1) is 13.8 Å². The summed E-state index contributed by atoms with van der Waals surface area (Å²) in [5.74, 6) is 0. The van der Waals surface area contributed by atoms with E-state index in [4.69, 9.17) is 4.74 Å². The minimum absolute atomic E-state index is 0.759. The molecule has 0 aliphatic carbocycles. The molecule has 0 radical (unpaired) electrons. The van der Waals surface area contributed by atoms with Gasteiger partial charge in [-0.25, -0.2) is 0 Å². The zero-order chi connectivity index (χ0) is 8.97. The molecular weight excluding hydrogens is 170 g/mol. The molecule has 1 rings (SSSR count). The molecule has 1 aromatic rings. The van der Waals surface area contributed by atoms with E-state index in [-0.39, 0.29) is 0 Å². The highest BCUT2D eigenvalue weighted by Gasteiger charge is 2.02. The van der Waals surface area contributed by atoms with Crippen molar-refractivity contribution in [3.63, 3.8) is 0 Å². The largest absolute Gasteiger partial charge is 0.383 e. The fourth-order valence-electron chi connectivity index (χ4n) is 1.11. The summed E-state index contributed by atoms with van der Waals surface area (Å²) in [6.45, 7) is 5.90. The van der Waals surface area contributed by atoms with Gasteiger partial charge in [-0.15, -0.1) is 11.3 Å². The monoisotopic (exact) mass is 185 g/mol. The smallest absolute Gasteiger partial charge is 0.0635 e. The summed E-state index contributed by atoms with van der Waals surface area (Å²) >= 11 is 1.79. The molecule has 12 heavy (non-hydrogen) atoms. The van der Waals surface area contributed by atoms with Gasteiger partial charge in [-0.2, -0.15) is 0 Å². The van der Waals surface area contributed by atoms with Crippen molar-refractivity contribution in [2.24, 2.45) is 0 Å². The van der Waals surface area contributed by atoms with E-state index >= 15 is 0 Å². The highest BCUT2D eigenvalue weighted by molar-refractivity contribution is 7.10. The molecule has 0 aromatic carbocycles. The van der Waals surface area contributed by atoms with Gasteiger partial charge in [-0.1, -0.05) is 0 Å². The average Bonchev–Trinajstić information content (AvgIpc) is 2.35. The van der Waals surface area contributed by atoms with Crippen LogP contribution in [0.25, 0.3) is 0 Å². The van der Waals surface area contributed by atoms with Gasteiger partial charge in [0.25, 0.3) is 0 Å². The predicted molar refractivity (Wildman–Crippen MR) is 54.2 cm³/mol. The lowest BCUT2D eigenvalue weighted by Gasteiger charge is -2.05. The van der Waals surface area contributed by atoms with E-state index in [1.165, 1.54) is 16.1 Å². The second kappa shape index (κ2) is 4.48. The lowest BCUT2D eigenvalue weighted by atomic mass is 10.3. The Morgan fingerprint density at radius 3 is 2.75 bits per heavy atom. The first-order valence-electron chi connectivity index (χ1n) is 4.03. The number of methoxy groups -OCH3 is 1. The number of rotatable bonds is 4. The number of nitrogens with one attached hydrogen (secondary N) is 1. The Kier molecular flexibility index (Phi) is 3.56. The van der Waals surface area contributed by atoms with Crippen molar-refractivity contribution in [1.29, 1.82) is 0 Å². The summed E-state index contributed by atoms with van der Waals surface area (Å²) < 4.78 is 4.96. The molecule has 0 unspecified atom stereocenters. The average molecular weight is 185 g/mol. The molecule has 0 saturated heterocycles. The van der Waals surface area contributed by atoms with Crippen LogP contribution in [0.2, 0.25) is 0 Å². The highest BCUT2D eigenvalue weighted by Crippen LogP contribution is 2.25. The van der Waals surface area contributed by atoms with Gasteiger partial charge < -0.3 is 10.1 Å². The molecule has 1 heterocycles. The molecule has 0 saturated carbocycles. The molecule has 0 aliphatic rings. The number of anilines is 1. The van der Waals surface area contributed by atoms with E-state index < -0.39 is 0 Å². The van der Waals surface area contributed by atoms with Gasteiger partial charge in [-0.3, -0.25) is 0 Å². The van der Waals surface area contributed by atoms with Crippen LogP contribution >= 0.6 is 11.3 Å². The number of ether oxygens (including phenoxy) is 1. The lowest BCUT2D eigenvalue weighted by molar-refractivity contribution is 0.211. The minimum Gasteiger partial charge on any atom is -0.383 e. The van der Waals surface area contributed by atoms with Crippen LogP contribution in [0.5, 0.6) is 0 Å². The van der Waals surface area contributed by atoms with Crippen molar-refractivity contribution in [3.8, 4) is 0 Å². The van der Waals surface area contributed by atoms with Crippen molar-refractivity contribution in [2.45, 2.75) is 13.8 Å². The fourth-order valence-corrected chi connectivity index (χ4v) is 1.94. The molecular formula is C9H15NOS. The molecule has 0 bridgehead atoms. The van der Waals surface area contributed by atoms with Crippen LogP contribution in [0.4, 0.5) is 5.69 Å². The van der Waals surface area contributed by atoms with Crippen molar-refractivity contribution < 1.29 is 4.74 Å². The highest BCUT2D eigenvalue weighted by atomic mass is 32.1. The number of hydrogen-bond acceptors (Lipinski definition) is 3. The molecule has 2 nitrogen and oxygen atoms in total. The second-order valence-corrected chi connectivity index (χ2v) is 3.85. The zero-order valence-corrected chi connectivity index (χ0v) is 8.62. The summed E-state index contributed by atoms with van der Waals surface area (Å²) in [5, 5.41) is 5.52. The zero-order valence-electron chi connectivity index (χ0n) is 7.81. The second-order valence-electron chi connectivity index (χ2n) is 2.77. The van der Waals surface area contributed by atoms with Gasteiger partial charge in [0.05, 0.1) is 12.3 Å². The van der Waals surface area contributed by atoms with Gasteiger partial charge in [0.2, 0.25) is 0 Å². The lowest BCUT2D eigenvalue weighted by Crippen LogP contribution is -2.08. The maximum atomic E-state index is 4.96. The molecule has 0 aliphatic heterocycles. The Morgan fingerprint density at radius 1 is 1.50 bits per heavy atom. The predicted octanol–water partition coefficient (Wildman–Crippen LogP) is 2.42. The van der Waals surface area contributed by atoms with Gasteiger partial charge >= 0.3 is 0 Å². The first kappa shape index (κ1) is 9.55. The van der Waals surface area contributed by atoms with Crippen LogP contribution in [-0.2, 0) is 4.74 Å². The molecule has 3 heteroatoms. The summed E-state index contributed by atoms with van der Waals surface area (Å²) in [4.78, 5) is 1.35. The van der Waals surface area contributed by atoms with Crippen molar-refractivity contribution in [2.75, 3.05) is 25.6 Å². The van der Waals surface area contributed by atoms with Crippen LogP contribution in [0.3, 0.4) is 0 Å². The summed E-state index contributed by atoms with van der Waals surface area (Å²) in [6.07, 6.45) is 0. The van der Waals surface area contributed by atoms with Crippen LogP contribution in [0.1, 0.15) is 10.4 Å². The van der Waals surface area contributed by atoms with Crippen LogP contribution in [-0.4, -0.2) is 20.3 Å². The SMILES string of the molecule is COCCNc1c(C)csc1C. The maximum Gasteiger partial charge on any atom is 0.0635 e. The first-order chi connectivity index (χ1) is 5.75. The van der Waals surface area contributed by atoms with Gasteiger partial charge in [0, 0.05) is 18.5 Å². The van der Waals surface area contributed by atoms with Crippen molar-refractivity contribution in [1.82, 2.24) is 0 Å². The van der Waals surface area contributed by atoms with E-state index in [0.29, 0.717) is 0 Å². The molecule has 68 valence electrons. The fraction of sp³-hybridized carbons (Fsp3) is 0.556. The maximum absolute atomic E-state index is 4.96. The van der Waals surface area contributed by atoms with E-state index in [9.17, 15) is 0 Å². The third-order valence-electron chi connectivity index (χ3n) is 1.77. The van der Waals surface area contributed by atoms with Crippen LogP contribution < -0.4 is 5.32 Å². The van der Waals surface area contributed by atoms with Crippen molar-refractivity contribution >= 4 is 17.0 Å². The van der Waals surface area contributed by atoms with E-state index in [2.05, 4.69) is 24.5 Å². The van der Waals surface area contributed by atoms with Gasteiger partial charge in [-0.05, 0) is 24.8 Å². The van der Waals surface area contributed by atoms with E-state index in [1.54, 1.807) is 18.4 Å². The standard InChI is InChI=1S/C9H15NOS/c1-7-6-12-8(2)9(7)10-4-5-11-3/h6,10H,4-5H2,1-3H3. The summed E-state index contributed by atoms with van der Waals surface area (Å²) in [5.41, 5.74) is 2.60. The Balaban J connectivity index is 2.50. The number of hydrogen-bond donors (Lipinski definition) is 1.